The highest BCUT2D eigenvalue weighted by Gasteiger charge is 2.34. The van der Waals surface area contributed by atoms with Crippen LogP contribution in [0.1, 0.15) is 25.3 Å². The quantitative estimate of drug-likeness (QED) is 0.556. The number of piperidine rings is 1. The summed E-state index contributed by atoms with van der Waals surface area (Å²) in [5.74, 6) is 0.0665. The zero-order valence-corrected chi connectivity index (χ0v) is 20.4. The second-order valence-electron chi connectivity index (χ2n) is 8.18. The lowest BCUT2D eigenvalue weighted by atomic mass is 9.98. The lowest BCUT2D eigenvalue weighted by Gasteiger charge is -2.31. The van der Waals surface area contributed by atoms with Crippen molar-refractivity contribution in [2.75, 3.05) is 27.3 Å². The predicted octanol–water partition coefficient (Wildman–Crippen LogP) is 1.93. The molecule has 10 heteroatoms. The van der Waals surface area contributed by atoms with Crippen molar-refractivity contribution in [2.24, 2.45) is 5.92 Å². The number of hydrogen-bond donors (Lipinski definition) is 2. The Morgan fingerprint density at radius 1 is 1.09 bits per heavy atom. The van der Waals surface area contributed by atoms with E-state index in [0.29, 0.717) is 37.4 Å². The number of ether oxygens (including phenoxy) is 2. The maximum absolute atomic E-state index is 13.0. The van der Waals surface area contributed by atoms with E-state index in [2.05, 4.69) is 10.6 Å². The molecule has 184 valence electrons. The molecule has 0 saturated carbocycles. The maximum Gasteiger partial charge on any atom is 0.243 e. The van der Waals surface area contributed by atoms with E-state index in [1.54, 1.807) is 26.2 Å². The molecule has 2 aromatic carbocycles. The Bertz CT molecular complexity index is 1100. The summed E-state index contributed by atoms with van der Waals surface area (Å²) in [7, 11) is -0.650. The molecule has 3 rings (SSSR count). The normalized spacial score (nSPS) is 17.4. The molecule has 9 nitrogen and oxygen atoms in total. The molecule has 1 aliphatic rings. The van der Waals surface area contributed by atoms with Crippen LogP contribution in [-0.2, 0) is 26.2 Å². The fourth-order valence-corrected chi connectivity index (χ4v) is 5.32. The number of carbonyl (C=O) groups excluding carboxylic acids is 2. The summed E-state index contributed by atoms with van der Waals surface area (Å²) in [6.45, 7) is 2.31. The Morgan fingerprint density at radius 3 is 2.47 bits per heavy atom. The Kier molecular flexibility index (Phi) is 8.51. The molecule has 0 bridgehead atoms. The summed E-state index contributed by atoms with van der Waals surface area (Å²) in [5, 5.41) is 5.52. The van der Waals surface area contributed by atoms with Crippen LogP contribution in [0.25, 0.3) is 0 Å². The van der Waals surface area contributed by atoms with Crippen LogP contribution in [0, 0.1) is 5.92 Å². The number of nitrogens with zero attached hydrogens (tertiary/aromatic N) is 1. The standard InChI is InChI=1S/C24H31N3O6S/c1-17(23(28)25-15-18-6-4-8-21(14-18)33-3)26-24(29)19-7-5-13-27(16-19)34(30,31)22-11-9-20(32-2)10-12-22/h4,6,8-12,14,17,19H,5,7,13,15-16H2,1-3H3,(H,25,28)(H,26,29)/t17-,19?/m0/s1. The van der Waals surface area contributed by atoms with Crippen LogP contribution in [0.15, 0.2) is 53.4 Å². The van der Waals surface area contributed by atoms with Gasteiger partial charge in [0, 0.05) is 19.6 Å². The number of rotatable bonds is 9. The van der Waals surface area contributed by atoms with E-state index >= 15 is 0 Å². The molecule has 2 N–H and O–H groups in total. The Hall–Kier alpha value is -3.11. The van der Waals surface area contributed by atoms with Crippen molar-refractivity contribution in [3.63, 3.8) is 0 Å². The van der Waals surface area contributed by atoms with Crippen LogP contribution >= 0.6 is 0 Å². The minimum absolute atomic E-state index is 0.0678. The molecule has 1 unspecified atom stereocenters. The van der Waals surface area contributed by atoms with E-state index in [1.807, 2.05) is 24.3 Å². The summed E-state index contributed by atoms with van der Waals surface area (Å²) in [6, 6.07) is 12.7. The molecule has 1 saturated heterocycles. The second-order valence-corrected chi connectivity index (χ2v) is 10.1. The molecule has 2 atom stereocenters. The fourth-order valence-electron chi connectivity index (χ4n) is 3.79. The lowest BCUT2D eigenvalue weighted by molar-refractivity contribution is -0.131. The van der Waals surface area contributed by atoms with Crippen molar-refractivity contribution in [1.82, 2.24) is 14.9 Å². The van der Waals surface area contributed by atoms with E-state index in [-0.39, 0.29) is 23.3 Å². The first-order chi connectivity index (χ1) is 16.2. The number of amides is 2. The fraction of sp³-hybridized carbons (Fsp3) is 0.417. The first-order valence-corrected chi connectivity index (χ1v) is 12.5. The number of sulfonamides is 1. The molecule has 2 aromatic rings. The van der Waals surface area contributed by atoms with Crippen LogP contribution in [0.5, 0.6) is 11.5 Å². The van der Waals surface area contributed by atoms with Crippen LogP contribution in [0.2, 0.25) is 0 Å². The van der Waals surface area contributed by atoms with Crippen LogP contribution in [0.4, 0.5) is 0 Å². The van der Waals surface area contributed by atoms with Crippen molar-refractivity contribution >= 4 is 21.8 Å². The van der Waals surface area contributed by atoms with Crippen LogP contribution < -0.4 is 20.1 Å². The Balaban J connectivity index is 1.55. The van der Waals surface area contributed by atoms with E-state index in [9.17, 15) is 18.0 Å². The molecule has 1 heterocycles. The number of methoxy groups -OCH3 is 2. The molecule has 2 amide bonds. The van der Waals surface area contributed by atoms with Gasteiger partial charge in [0.25, 0.3) is 0 Å². The average molecular weight is 490 g/mol. The topological polar surface area (TPSA) is 114 Å². The van der Waals surface area contributed by atoms with Crippen molar-refractivity contribution in [3.05, 3.63) is 54.1 Å². The van der Waals surface area contributed by atoms with E-state index < -0.39 is 22.0 Å². The number of hydrogen-bond acceptors (Lipinski definition) is 6. The van der Waals surface area contributed by atoms with Crippen molar-refractivity contribution < 1.29 is 27.5 Å². The molecule has 34 heavy (non-hydrogen) atoms. The Morgan fingerprint density at radius 2 is 1.79 bits per heavy atom. The minimum atomic E-state index is -3.74. The zero-order chi connectivity index (χ0) is 24.7. The van der Waals surface area contributed by atoms with Crippen LogP contribution in [0.3, 0.4) is 0 Å². The third-order valence-corrected chi connectivity index (χ3v) is 7.68. The number of benzene rings is 2. The zero-order valence-electron chi connectivity index (χ0n) is 19.6. The van der Waals surface area contributed by atoms with Gasteiger partial charge in [-0.25, -0.2) is 8.42 Å². The first-order valence-electron chi connectivity index (χ1n) is 11.1. The summed E-state index contributed by atoms with van der Waals surface area (Å²) in [6.07, 6.45) is 1.11. The Labute approximate surface area is 200 Å². The minimum Gasteiger partial charge on any atom is -0.497 e. The van der Waals surface area contributed by atoms with Gasteiger partial charge in [-0.3, -0.25) is 9.59 Å². The highest BCUT2D eigenvalue weighted by atomic mass is 32.2. The molecule has 1 fully saturated rings. The molecular weight excluding hydrogens is 458 g/mol. The SMILES string of the molecule is COc1ccc(S(=O)(=O)N2CCCC(C(=O)N[C@@H](C)C(=O)NCc3cccc(OC)c3)C2)cc1. The molecule has 0 spiro atoms. The van der Waals surface area contributed by atoms with E-state index in [4.69, 9.17) is 9.47 Å². The summed E-state index contributed by atoms with van der Waals surface area (Å²) in [5.41, 5.74) is 0.873. The van der Waals surface area contributed by atoms with Crippen molar-refractivity contribution in [2.45, 2.75) is 37.2 Å². The smallest absolute Gasteiger partial charge is 0.243 e. The third-order valence-electron chi connectivity index (χ3n) is 5.81. The monoisotopic (exact) mass is 489 g/mol. The van der Waals surface area contributed by atoms with E-state index in [0.717, 1.165) is 5.56 Å². The molecular formula is C24H31N3O6S. The number of carbonyl (C=O) groups is 2. The van der Waals surface area contributed by atoms with Gasteiger partial charge in [0.15, 0.2) is 0 Å². The molecule has 0 radical (unpaired) electrons. The van der Waals surface area contributed by atoms with Gasteiger partial charge in [-0.15, -0.1) is 0 Å². The van der Waals surface area contributed by atoms with Gasteiger partial charge in [0.1, 0.15) is 17.5 Å². The van der Waals surface area contributed by atoms with Gasteiger partial charge in [-0.05, 0) is 61.7 Å². The maximum atomic E-state index is 13.0. The van der Waals surface area contributed by atoms with Gasteiger partial charge in [-0.2, -0.15) is 4.31 Å². The lowest BCUT2D eigenvalue weighted by Crippen LogP contribution is -2.50. The van der Waals surface area contributed by atoms with E-state index in [1.165, 1.54) is 23.5 Å². The third kappa shape index (κ3) is 6.27. The van der Waals surface area contributed by atoms with Gasteiger partial charge in [0.2, 0.25) is 21.8 Å². The van der Waals surface area contributed by atoms with Gasteiger partial charge in [-0.1, -0.05) is 12.1 Å². The van der Waals surface area contributed by atoms with Crippen molar-refractivity contribution in [3.8, 4) is 11.5 Å². The second kappa shape index (κ2) is 11.3. The largest absolute Gasteiger partial charge is 0.497 e. The summed E-state index contributed by atoms with van der Waals surface area (Å²) >= 11 is 0. The highest BCUT2D eigenvalue weighted by Crippen LogP contribution is 2.25. The van der Waals surface area contributed by atoms with Gasteiger partial charge < -0.3 is 20.1 Å². The first kappa shape index (κ1) is 25.5. The van der Waals surface area contributed by atoms with Gasteiger partial charge in [0.05, 0.1) is 25.0 Å². The van der Waals surface area contributed by atoms with Crippen LogP contribution in [-0.4, -0.2) is 57.9 Å². The summed E-state index contributed by atoms with van der Waals surface area (Å²) in [4.78, 5) is 25.4. The highest BCUT2D eigenvalue weighted by molar-refractivity contribution is 7.89. The molecule has 0 aliphatic carbocycles. The molecule has 1 aliphatic heterocycles. The predicted molar refractivity (Wildman–Crippen MR) is 127 cm³/mol. The number of nitrogens with one attached hydrogen (secondary N) is 2. The van der Waals surface area contributed by atoms with Gasteiger partial charge >= 0.3 is 0 Å². The van der Waals surface area contributed by atoms with Crippen molar-refractivity contribution in [1.29, 1.82) is 0 Å². The molecule has 0 aromatic heterocycles. The average Bonchev–Trinajstić information content (AvgIpc) is 2.87. The summed E-state index contributed by atoms with van der Waals surface area (Å²) < 4.78 is 37.7.